The van der Waals surface area contributed by atoms with Gasteiger partial charge in [0.05, 0.1) is 11.1 Å². The van der Waals surface area contributed by atoms with Gasteiger partial charge in [0.15, 0.2) is 11.4 Å². The van der Waals surface area contributed by atoms with Crippen molar-refractivity contribution in [3.05, 3.63) is 83.2 Å². The second-order valence-electron chi connectivity index (χ2n) is 9.96. The van der Waals surface area contributed by atoms with E-state index in [1.165, 1.54) is 25.0 Å². The number of carbonyl (C=O) groups is 1. The Kier molecular flexibility index (Phi) is 5.70. The monoisotopic (exact) mass is 462 g/mol. The summed E-state index contributed by atoms with van der Waals surface area (Å²) in [5.74, 6) is 1.08. The number of aromatic nitrogens is 2. The number of hydrogen-bond acceptors (Lipinski definition) is 3. The van der Waals surface area contributed by atoms with Crippen LogP contribution in [0.5, 0.6) is 5.75 Å². The number of aliphatic carboxylic acids is 1. The van der Waals surface area contributed by atoms with Crippen LogP contribution in [0.1, 0.15) is 61.3 Å². The molecule has 0 aliphatic heterocycles. The molecule has 34 heavy (non-hydrogen) atoms. The molecule has 5 rings (SSSR count). The van der Waals surface area contributed by atoms with Gasteiger partial charge in [-0.1, -0.05) is 30.3 Å². The van der Waals surface area contributed by atoms with Crippen LogP contribution in [-0.4, -0.2) is 20.6 Å². The highest BCUT2D eigenvalue weighted by molar-refractivity contribution is 5.81. The van der Waals surface area contributed by atoms with Crippen LogP contribution in [0, 0.1) is 25.6 Å². The van der Waals surface area contributed by atoms with E-state index >= 15 is 0 Å². The number of halogens is 1. The Morgan fingerprint density at radius 3 is 2.29 bits per heavy atom. The highest BCUT2D eigenvalue weighted by Gasteiger charge is 2.52. The van der Waals surface area contributed by atoms with Crippen molar-refractivity contribution >= 4 is 5.97 Å². The highest BCUT2D eigenvalue weighted by Crippen LogP contribution is 2.50. The molecule has 1 heterocycles. The summed E-state index contributed by atoms with van der Waals surface area (Å²) in [6.45, 7) is 5.05. The SMILES string of the molecule is Cc1nc(C2(Oc3ccccc3)CCC(C(=O)O)(c3ccc(F)cc3)CC2)n(CC2CC2)c1C. The number of ether oxygens (including phenoxy) is 1. The standard InChI is InChI=1S/C28H31FN2O3/c1-19-20(2)31(18-21-8-9-21)25(30-19)28(34-24-6-4-3-5-7-24)16-14-27(15-17-28,26(32)33)22-10-12-23(29)13-11-22/h3-7,10-13,21H,8-9,14-18H2,1-2H3,(H,32,33). The van der Waals surface area contributed by atoms with E-state index in [2.05, 4.69) is 11.5 Å². The first-order valence-electron chi connectivity index (χ1n) is 12.1. The van der Waals surface area contributed by atoms with Gasteiger partial charge >= 0.3 is 5.97 Å². The Hall–Kier alpha value is -3.15. The number of imidazole rings is 1. The van der Waals surface area contributed by atoms with Crippen LogP contribution in [0.2, 0.25) is 0 Å². The van der Waals surface area contributed by atoms with E-state index < -0.39 is 17.0 Å². The number of nitrogens with zero attached hydrogens (tertiary/aromatic N) is 2. The highest BCUT2D eigenvalue weighted by atomic mass is 19.1. The zero-order valence-electron chi connectivity index (χ0n) is 19.8. The van der Waals surface area contributed by atoms with Crippen LogP contribution in [0.15, 0.2) is 54.6 Å². The van der Waals surface area contributed by atoms with E-state index in [9.17, 15) is 14.3 Å². The van der Waals surface area contributed by atoms with E-state index in [0.717, 1.165) is 29.5 Å². The quantitative estimate of drug-likeness (QED) is 0.473. The van der Waals surface area contributed by atoms with Gasteiger partial charge in [-0.05, 0) is 88.1 Å². The number of hydrogen-bond donors (Lipinski definition) is 1. The summed E-state index contributed by atoms with van der Waals surface area (Å²) in [5.41, 5.74) is 0.971. The zero-order valence-corrected chi connectivity index (χ0v) is 19.8. The average molecular weight is 463 g/mol. The molecule has 1 N–H and O–H groups in total. The third-order valence-electron chi connectivity index (χ3n) is 7.78. The molecule has 6 heteroatoms. The second kappa shape index (κ2) is 8.57. The first-order chi connectivity index (χ1) is 16.3. The number of rotatable bonds is 7. The van der Waals surface area contributed by atoms with Gasteiger partial charge in [0, 0.05) is 12.2 Å². The molecule has 0 saturated heterocycles. The number of aryl methyl sites for hydroxylation is 1. The van der Waals surface area contributed by atoms with Gasteiger partial charge in [-0.15, -0.1) is 0 Å². The van der Waals surface area contributed by atoms with Gasteiger partial charge in [-0.3, -0.25) is 4.79 Å². The Balaban J connectivity index is 1.56. The molecule has 1 aromatic heterocycles. The summed E-state index contributed by atoms with van der Waals surface area (Å²) >= 11 is 0. The lowest BCUT2D eigenvalue weighted by Gasteiger charge is -2.44. The predicted octanol–water partition coefficient (Wildman–Crippen LogP) is 5.92. The predicted molar refractivity (Wildman–Crippen MR) is 127 cm³/mol. The van der Waals surface area contributed by atoms with Gasteiger partial charge in [0.25, 0.3) is 0 Å². The zero-order chi connectivity index (χ0) is 23.9. The van der Waals surface area contributed by atoms with Crippen molar-refractivity contribution in [3.8, 4) is 5.75 Å². The smallest absolute Gasteiger partial charge is 0.314 e. The maximum Gasteiger partial charge on any atom is 0.314 e. The van der Waals surface area contributed by atoms with E-state index in [-0.39, 0.29) is 5.82 Å². The molecule has 2 saturated carbocycles. The first kappa shape index (κ1) is 22.6. The fourth-order valence-electron chi connectivity index (χ4n) is 5.35. The summed E-state index contributed by atoms with van der Waals surface area (Å²) in [7, 11) is 0. The first-order valence-corrected chi connectivity index (χ1v) is 12.1. The fourth-order valence-corrected chi connectivity index (χ4v) is 5.35. The largest absolute Gasteiger partial charge is 0.481 e. The van der Waals surface area contributed by atoms with E-state index in [1.54, 1.807) is 12.1 Å². The third-order valence-corrected chi connectivity index (χ3v) is 7.78. The Morgan fingerprint density at radius 2 is 1.71 bits per heavy atom. The van der Waals surface area contributed by atoms with Crippen molar-refractivity contribution in [2.24, 2.45) is 5.92 Å². The van der Waals surface area contributed by atoms with Crippen LogP contribution in [0.3, 0.4) is 0 Å². The van der Waals surface area contributed by atoms with Gasteiger partial charge in [-0.2, -0.15) is 0 Å². The van der Waals surface area contributed by atoms with Gasteiger partial charge < -0.3 is 14.4 Å². The summed E-state index contributed by atoms with van der Waals surface area (Å²) in [5, 5.41) is 10.3. The third kappa shape index (κ3) is 3.99. The summed E-state index contributed by atoms with van der Waals surface area (Å²) in [4.78, 5) is 17.6. The molecule has 0 radical (unpaired) electrons. The Morgan fingerprint density at radius 1 is 1.06 bits per heavy atom. The maximum atomic E-state index is 13.6. The van der Waals surface area contributed by atoms with E-state index in [0.29, 0.717) is 37.2 Å². The van der Waals surface area contributed by atoms with Crippen LogP contribution >= 0.6 is 0 Å². The van der Waals surface area contributed by atoms with Gasteiger partial charge in [-0.25, -0.2) is 9.37 Å². The molecule has 3 aromatic rings. The van der Waals surface area contributed by atoms with E-state index in [1.807, 2.05) is 37.3 Å². The molecule has 5 nitrogen and oxygen atoms in total. The summed E-state index contributed by atoms with van der Waals surface area (Å²) in [6, 6.07) is 15.6. The number of carboxylic acids is 1. The van der Waals surface area contributed by atoms with Crippen molar-refractivity contribution in [3.63, 3.8) is 0 Å². The Labute approximate surface area is 199 Å². The molecule has 2 aromatic carbocycles. The molecule has 0 atom stereocenters. The molecule has 0 unspecified atom stereocenters. The molecule has 0 amide bonds. The van der Waals surface area contributed by atoms with Gasteiger partial charge in [0.2, 0.25) is 0 Å². The average Bonchev–Trinajstić information content (AvgIpc) is 3.61. The topological polar surface area (TPSA) is 64.3 Å². The summed E-state index contributed by atoms with van der Waals surface area (Å²) in [6.07, 6.45) is 4.24. The Bertz CT molecular complexity index is 1170. The lowest BCUT2D eigenvalue weighted by Crippen LogP contribution is -2.48. The number of carboxylic acid groups (broad SMARTS) is 1. The number of para-hydroxylation sites is 1. The van der Waals surface area contributed by atoms with Gasteiger partial charge in [0.1, 0.15) is 11.6 Å². The molecule has 178 valence electrons. The minimum Gasteiger partial charge on any atom is -0.481 e. The van der Waals surface area contributed by atoms with Crippen molar-refractivity contribution < 1.29 is 19.0 Å². The molecule has 0 spiro atoms. The minimum atomic E-state index is -1.07. The molecule has 2 aliphatic carbocycles. The molecular formula is C28H31FN2O3. The van der Waals surface area contributed by atoms with Crippen LogP contribution in [0.25, 0.3) is 0 Å². The van der Waals surface area contributed by atoms with Crippen molar-refractivity contribution in [1.29, 1.82) is 0 Å². The lowest BCUT2D eigenvalue weighted by molar-refractivity contribution is -0.147. The fraction of sp³-hybridized carbons (Fsp3) is 0.429. The van der Waals surface area contributed by atoms with Crippen LogP contribution < -0.4 is 4.74 Å². The minimum absolute atomic E-state index is 0.366. The molecular weight excluding hydrogens is 431 g/mol. The normalized spacial score (nSPS) is 24.7. The van der Waals surface area contributed by atoms with Crippen LogP contribution in [0.4, 0.5) is 4.39 Å². The second-order valence-corrected chi connectivity index (χ2v) is 9.96. The number of benzene rings is 2. The molecule has 2 fully saturated rings. The molecule has 2 aliphatic rings. The summed E-state index contributed by atoms with van der Waals surface area (Å²) < 4.78 is 22.6. The van der Waals surface area contributed by atoms with Crippen LogP contribution in [-0.2, 0) is 22.4 Å². The van der Waals surface area contributed by atoms with Crippen molar-refractivity contribution in [2.75, 3.05) is 0 Å². The van der Waals surface area contributed by atoms with Crippen molar-refractivity contribution in [1.82, 2.24) is 9.55 Å². The van der Waals surface area contributed by atoms with Crippen molar-refractivity contribution in [2.45, 2.75) is 69.9 Å². The molecule has 0 bridgehead atoms. The van der Waals surface area contributed by atoms with E-state index in [4.69, 9.17) is 9.72 Å². The lowest BCUT2D eigenvalue weighted by atomic mass is 9.64. The maximum absolute atomic E-state index is 13.6.